The fourth-order valence-corrected chi connectivity index (χ4v) is 1.96. The summed E-state index contributed by atoms with van der Waals surface area (Å²) in [4.78, 5) is 26.0. The third-order valence-electron chi connectivity index (χ3n) is 2.77. The average Bonchev–Trinajstić information content (AvgIpc) is 2.62. The minimum atomic E-state index is -0.518. The number of hydrogen-bond donors (Lipinski definition) is 2. The number of fused-ring (bicyclic) bond motifs is 1. The molecule has 0 fully saturated rings. The van der Waals surface area contributed by atoms with Crippen molar-refractivity contribution >= 4 is 16.9 Å². The number of amides is 1. The molecule has 2 rings (SSSR count). The first-order valence-electron chi connectivity index (χ1n) is 5.63. The lowest BCUT2D eigenvalue weighted by Crippen LogP contribution is -2.22. The molecule has 0 saturated carbocycles. The number of nitrogens with zero attached hydrogens (tertiary/aromatic N) is 2. The van der Waals surface area contributed by atoms with Gasteiger partial charge in [-0.25, -0.2) is 9.86 Å². The number of H-pyrrole nitrogens is 1. The van der Waals surface area contributed by atoms with Crippen molar-refractivity contribution in [2.24, 2.45) is 0 Å². The van der Waals surface area contributed by atoms with Gasteiger partial charge in [0, 0.05) is 18.7 Å². The number of hydroxylamine groups is 2. The molecule has 6 heteroatoms. The first kappa shape index (κ1) is 12.4. The van der Waals surface area contributed by atoms with E-state index in [2.05, 4.69) is 4.98 Å². The smallest absolute Gasteiger partial charge is 0.306 e. The first-order chi connectivity index (χ1) is 8.41. The Morgan fingerprint density at radius 3 is 2.67 bits per heavy atom. The van der Waals surface area contributed by atoms with Gasteiger partial charge >= 0.3 is 5.69 Å². The van der Waals surface area contributed by atoms with E-state index in [-0.39, 0.29) is 11.7 Å². The van der Waals surface area contributed by atoms with Crippen molar-refractivity contribution in [2.45, 2.75) is 19.9 Å². The molecule has 0 atom stereocenters. The second kappa shape index (κ2) is 4.30. The minimum Gasteiger partial charge on any atom is -0.306 e. The number of rotatable bonds is 2. The largest absolute Gasteiger partial charge is 0.326 e. The van der Waals surface area contributed by atoms with E-state index >= 15 is 0 Å². The van der Waals surface area contributed by atoms with E-state index in [1.165, 1.54) is 7.05 Å². The SMILES string of the molecule is CC(C)n1c(=O)[nH]c2cc(C(=O)N(C)O)ccc21. The molecule has 0 spiro atoms. The zero-order valence-electron chi connectivity index (χ0n) is 10.5. The molecule has 2 N–H and O–H groups in total. The van der Waals surface area contributed by atoms with Crippen molar-refractivity contribution < 1.29 is 10.0 Å². The van der Waals surface area contributed by atoms with E-state index in [1.807, 2.05) is 13.8 Å². The Kier molecular flexibility index (Phi) is 2.96. The Labute approximate surface area is 103 Å². The molecular formula is C12H15N3O3. The van der Waals surface area contributed by atoms with E-state index in [1.54, 1.807) is 22.8 Å². The summed E-state index contributed by atoms with van der Waals surface area (Å²) in [6.45, 7) is 3.82. The molecule has 0 bridgehead atoms. The standard InChI is InChI=1S/C12H15N3O3/c1-7(2)15-10-5-4-8(11(16)14(3)18)6-9(10)13-12(15)17/h4-7,18H,1-3H3,(H,13,17). The zero-order chi connectivity index (χ0) is 13.4. The van der Waals surface area contributed by atoms with Crippen LogP contribution in [0.5, 0.6) is 0 Å². The lowest BCUT2D eigenvalue weighted by atomic mass is 10.2. The normalized spacial score (nSPS) is 11.2. The lowest BCUT2D eigenvalue weighted by molar-refractivity contribution is -0.0374. The molecule has 0 unspecified atom stereocenters. The van der Waals surface area contributed by atoms with Crippen LogP contribution in [0.25, 0.3) is 11.0 Å². The summed E-state index contributed by atoms with van der Waals surface area (Å²) in [5, 5.41) is 9.61. The molecular weight excluding hydrogens is 234 g/mol. The molecule has 0 radical (unpaired) electrons. The maximum absolute atomic E-state index is 11.8. The summed E-state index contributed by atoms with van der Waals surface area (Å²) in [7, 11) is 1.26. The van der Waals surface area contributed by atoms with E-state index < -0.39 is 5.91 Å². The van der Waals surface area contributed by atoms with Gasteiger partial charge < -0.3 is 4.98 Å². The molecule has 0 saturated heterocycles. The Balaban J connectivity index is 2.62. The highest BCUT2D eigenvalue weighted by atomic mass is 16.5. The monoisotopic (exact) mass is 249 g/mol. The molecule has 2 aromatic rings. The molecule has 1 aromatic carbocycles. The van der Waals surface area contributed by atoms with Crippen LogP contribution >= 0.6 is 0 Å². The second-order valence-electron chi connectivity index (χ2n) is 4.45. The molecule has 0 aliphatic carbocycles. The van der Waals surface area contributed by atoms with E-state index in [0.29, 0.717) is 16.1 Å². The van der Waals surface area contributed by atoms with Gasteiger partial charge in [0.2, 0.25) is 0 Å². The van der Waals surface area contributed by atoms with Crippen LogP contribution in [0.3, 0.4) is 0 Å². The Hall–Kier alpha value is -2.08. The van der Waals surface area contributed by atoms with Crippen LogP contribution in [0.2, 0.25) is 0 Å². The van der Waals surface area contributed by atoms with Crippen molar-refractivity contribution in [3.63, 3.8) is 0 Å². The quantitative estimate of drug-likeness (QED) is 0.623. The zero-order valence-corrected chi connectivity index (χ0v) is 10.5. The molecule has 18 heavy (non-hydrogen) atoms. The highest BCUT2D eigenvalue weighted by Gasteiger charge is 2.14. The van der Waals surface area contributed by atoms with Gasteiger partial charge in [-0.15, -0.1) is 0 Å². The van der Waals surface area contributed by atoms with E-state index in [4.69, 9.17) is 5.21 Å². The van der Waals surface area contributed by atoms with Gasteiger partial charge in [0.25, 0.3) is 5.91 Å². The van der Waals surface area contributed by atoms with Crippen molar-refractivity contribution in [2.75, 3.05) is 7.05 Å². The minimum absolute atomic E-state index is 0.0355. The van der Waals surface area contributed by atoms with Crippen LogP contribution in [0, 0.1) is 0 Å². The average molecular weight is 249 g/mol. The van der Waals surface area contributed by atoms with Crippen LogP contribution in [-0.2, 0) is 0 Å². The van der Waals surface area contributed by atoms with Gasteiger partial charge in [-0.2, -0.15) is 0 Å². The van der Waals surface area contributed by atoms with Crippen molar-refractivity contribution in [3.8, 4) is 0 Å². The van der Waals surface area contributed by atoms with Gasteiger partial charge in [0.15, 0.2) is 0 Å². The van der Waals surface area contributed by atoms with E-state index in [9.17, 15) is 9.59 Å². The molecule has 1 amide bonds. The number of imidazole rings is 1. The summed E-state index contributed by atoms with van der Waals surface area (Å²) < 4.78 is 1.62. The van der Waals surface area contributed by atoms with Gasteiger partial charge in [-0.1, -0.05) is 0 Å². The van der Waals surface area contributed by atoms with E-state index in [0.717, 1.165) is 5.52 Å². The lowest BCUT2D eigenvalue weighted by Gasteiger charge is -2.09. The van der Waals surface area contributed by atoms with Crippen molar-refractivity contribution in [1.29, 1.82) is 0 Å². The fourth-order valence-electron chi connectivity index (χ4n) is 1.96. The number of benzene rings is 1. The fraction of sp³-hybridized carbons (Fsp3) is 0.333. The number of aromatic amines is 1. The van der Waals surface area contributed by atoms with Crippen LogP contribution in [0.15, 0.2) is 23.0 Å². The summed E-state index contributed by atoms with van der Waals surface area (Å²) in [5.41, 5.74) is 1.44. The summed E-state index contributed by atoms with van der Waals surface area (Å²) in [6, 6.07) is 4.88. The van der Waals surface area contributed by atoms with Gasteiger partial charge in [0.05, 0.1) is 11.0 Å². The Morgan fingerprint density at radius 1 is 1.44 bits per heavy atom. The third kappa shape index (κ3) is 1.91. The van der Waals surface area contributed by atoms with Crippen LogP contribution in [-0.4, -0.2) is 32.8 Å². The first-order valence-corrected chi connectivity index (χ1v) is 5.63. The molecule has 1 heterocycles. The number of carbonyl (C=O) groups excluding carboxylic acids is 1. The predicted molar refractivity (Wildman–Crippen MR) is 66.8 cm³/mol. The number of aromatic nitrogens is 2. The highest BCUT2D eigenvalue weighted by molar-refractivity contribution is 5.96. The molecule has 6 nitrogen and oxygen atoms in total. The second-order valence-corrected chi connectivity index (χ2v) is 4.45. The van der Waals surface area contributed by atoms with Gasteiger partial charge in [-0.3, -0.25) is 14.6 Å². The summed E-state index contributed by atoms with van der Waals surface area (Å²) >= 11 is 0. The number of carbonyl (C=O) groups is 1. The molecule has 0 aliphatic rings. The highest BCUT2D eigenvalue weighted by Crippen LogP contribution is 2.16. The molecule has 1 aromatic heterocycles. The molecule has 96 valence electrons. The van der Waals surface area contributed by atoms with Crippen LogP contribution < -0.4 is 5.69 Å². The predicted octanol–water partition coefficient (Wildman–Crippen LogP) is 1.37. The van der Waals surface area contributed by atoms with Crippen LogP contribution in [0.4, 0.5) is 0 Å². The van der Waals surface area contributed by atoms with Gasteiger partial charge in [-0.05, 0) is 32.0 Å². The Morgan fingerprint density at radius 2 is 2.11 bits per heavy atom. The topological polar surface area (TPSA) is 78.3 Å². The summed E-state index contributed by atoms with van der Waals surface area (Å²) in [6.07, 6.45) is 0. The van der Waals surface area contributed by atoms with Crippen molar-refractivity contribution in [1.82, 2.24) is 14.6 Å². The summed E-state index contributed by atoms with van der Waals surface area (Å²) in [5.74, 6) is -0.518. The Bertz CT molecular complexity index is 652. The number of nitrogens with one attached hydrogen (secondary N) is 1. The maximum atomic E-state index is 11.8. The van der Waals surface area contributed by atoms with Crippen molar-refractivity contribution in [3.05, 3.63) is 34.2 Å². The van der Waals surface area contributed by atoms with Gasteiger partial charge in [0.1, 0.15) is 0 Å². The third-order valence-corrected chi connectivity index (χ3v) is 2.77. The van der Waals surface area contributed by atoms with Crippen LogP contribution in [0.1, 0.15) is 30.2 Å². The number of hydrogen-bond acceptors (Lipinski definition) is 3. The maximum Gasteiger partial charge on any atom is 0.326 e. The molecule has 0 aliphatic heterocycles.